The van der Waals surface area contributed by atoms with E-state index in [0.717, 1.165) is 30.2 Å². The van der Waals surface area contributed by atoms with Crippen molar-refractivity contribution >= 4 is 15.9 Å². The van der Waals surface area contributed by atoms with Gasteiger partial charge < -0.3 is 4.74 Å². The van der Waals surface area contributed by atoms with Crippen LogP contribution in [0.4, 0.5) is 0 Å². The van der Waals surface area contributed by atoms with E-state index in [4.69, 9.17) is 4.74 Å². The van der Waals surface area contributed by atoms with Gasteiger partial charge in [0.25, 0.3) is 0 Å². The Hall–Kier alpha value is 0.440. The van der Waals surface area contributed by atoms with Gasteiger partial charge in [-0.15, -0.1) is 0 Å². The van der Waals surface area contributed by atoms with Crippen LogP contribution in [-0.2, 0) is 4.74 Å². The van der Waals surface area contributed by atoms with Gasteiger partial charge in [-0.25, -0.2) is 0 Å². The quantitative estimate of drug-likeness (QED) is 0.546. The molecule has 2 heteroatoms. The van der Waals surface area contributed by atoms with E-state index in [0.29, 0.717) is 6.10 Å². The fraction of sp³-hybridized carbons (Fsp3) is 1.00. The molecule has 1 saturated carbocycles. The zero-order chi connectivity index (χ0) is 9.68. The average molecular weight is 249 g/mol. The molecule has 2 atom stereocenters. The van der Waals surface area contributed by atoms with Gasteiger partial charge in [-0.1, -0.05) is 36.2 Å². The van der Waals surface area contributed by atoms with Crippen molar-refractivity contribution in [2.75, 3.05) is 11.9 Å². The maximum Gasteiger partial charge on any atom is 0.0626 e. The molecule has 78 valence electrons. The van der Waals surface area contributed by atoms with Crippen molar-refractivity contribution in [3.05, 3.63) is 0 Å². The maximum atomic E-state index is 5.92. The summed E-state index contributed by atoms with van der Waals surface area (Å²) < 4.78 is 5.92. The summed E-state index contributed by atoms with van der Waals surface area (Å²) in [5.74, 6) is 1.53. The first-order valence-corrected chi connectivity index (χ1v) is 6.55. The molecule has 0 bridgehead atoms. The highest BCUT2D eigenvalue weighted by atomic mass is 79.9. The monoisotopic (exact) mass is 248 g/mol. The molecule has 0 N–H and O–H groups in total. The Kier molecular flexibility index (Phi) is 5.34. The van der Waals surface area contributed by atoms with Crippen LogP contribution in [0, 0.1) is 11.8 Å². The number of rotatable bonds is 4. The molecule has 0 spiro atoms. The van der Waals surface area contributed by atoms with E-state index in [9.17, 15) is 0 Å². The van der Waals surface area contributed by atoms with E-state index < -0.39 is 0 Å². The molecule has 2 unspecified atom stereocenters. The third-order valence-electron chi connectivity index (χ3n) is 3.03. The lowest BCUT2D eigenvalue weighted by Gasteiger charge is -2.34. The number of hydrogen-bond donors (Lipinski definition) is 0. The molecule has 1 fully saturated rings. The summed E-state index contributed by atoms with van der Waals surface area (Å²) in [6, 6.07) is 0. The molecular weight excluding hydrogens is 228 g/mol. The lowest BCUT2D eigenvalue weighted by atomic mass is 9.80. The van der Waals surface area contributed by atoms with Gasteiger partial charge in [0, 0.05) is 11.9 Å². The topological polar surface area (TPSA) is 9.23 Å². The lowest BCUT2D eigenvalue weighted by molar-refractivity contribution is -0.0368. The van der Waals surface area contributed by atoms with E-state index in [1.54, 1.807) is 0 Å². The Bertz CT molecular complexity index is 128. The molecule has 0 aromatic carbocycles. The largest absolute Gasteiger partial charge is 0.378 e. The Morgan fingerprint density at radius 2 is 1.85 bits per heavy atom. The van der Waals surface area contributed by atoms with Crippen molar-refractivity contribution in [3.8, 4) is 0 Å². The molecule has 0 radical (unpaired) electrons. The number of alkyl halides is 1. The molecule has 0 heterocycles. The molecule has 1 rings (SSSR count). The summed E-state index contributed by atoms with van der Waals surface area (Å²) in [5, 5.41) is 1.06. The minimum atomic E-state index is 0.521. The minimum Gasteiger partial charge on any atom is -0.378 e. The zero-order valence-corrected chi connectivity index (χ0v) is 10.3. The Morgan fingerprint density at radius 3 is 2.38 bits per heavy atom. The normalized spacial score (nSPS) is 34.8. The molecule has 0 saturated heterocycles. The smallest absolute Gasteiger partial charge is 0.0626 e. The summed E-state index contributed by atoms with van der Waals surface area (Å²) in [5.41, 5.74) is 0. The van der Waals surface area contributed by atoms with Gasteiger partial charge in [0.1, 0.15) is 0 Å². The second-order valence-electron chi connectivity index (χ2n) is 4.26. The van der Waals surface area contributed by atoms with Crippen LogP contribution in [0.2, 0.25) is 0 Å². The van der Waals surface area contributed by atoms with E-state index in [1.165, 1.54) is 19.3 Å². The molecule has 0 aromatic rings. The van der Waals surface area contributed by atoms with Crippen molar-refractivity contribution in [1.29, 1.82) is 0 Å². The molecule has 1 aliphatic rings. The van der Waals surface area contributed by atoms with Gasteiger partial charge in [-0.05, 0) is 31.1 Å². The van der Waals surface area contributed by atoms with Gasteiger partial charge in [0.2, 0.25) is 0 Å². The predicted octanol–water partition coefficient (Wildman–Crippen LogP) is 3.61. The highest BCUT2D eigenvalue weighted by Gasteiger charge is 2.27. The van der Waals surface area contributed by atoms with Gasteiger partial charge in [0.15, 0.2) is 0 Å². The van der Waals surface area contributed by atoms with Crippen molar-refractivity contribution in [2.45, 2.75) is 45.6 Å². The van der Waals surface area contributed by atoms with E-state index >= 15 is 0 Å². The van der Waals surface area contributed by atoms with Crippen molar-refractivity contribution in [3.63, 3.8) is 0 Å². The van der Waals surface area contributed by atoms with E-state index in [1.807, 2.05) is 0 Å². The van der Waals surface area contributed by atoms with Crippen LogP contribution in [0.15, 0.2) is 0 Å². The fourth-order valence-corrected chi connectivity index (χ4v) is 2.48. The van der Waals surface area contributed by atoms with E-state index in [-0.39, 0.29) is 0 Å². The number of halogens is 1. The fourth-order valence-electron chi connectivity index (χ4n) is 2.25. The highest BCUT2D eigenvalue weighted by Crippen LogP contribution is 2.31. The molecule has 0 aliphatic heterocycles. The van der Waals surface area contributed by atoms with Gasteiger partial charge in [0.05, 0.1) is 6.10 Å². The van der Waals surface area contributed by atoms with Crippen molar-refractivity contribution in [1.82, 2.24) is 0 Å². The first-order valence-electron chi connectivity index (χ1n) is 5.43. The third-order valence-corrected chi connectivity index (χ3v) is 3.59. The van der Waals surface area contributed by atoms with Crippen LogP contribution in [0.1, 0.15) is 39.5 Å². The summed E-state index contributed by atoms with van der Waals surface area (Å²) in [6.45, 7) is 5.58. The molecule has 13 heavy (non-hydrogen) atoms. The SMILES string of the molecule is CC1CCCC(C)C1OCCCBr. The minimum absolute atomic E-state index is 0.521. The maximum absolute atomic E-state index is 5.92. The van der Waals surface area contributed by atoms with Crippen LogP contribution in [0.25, 0.3) is 0 Å². The van der Waals surface area contributed by atoms with Crippen LogP contribution in [0.5, 0.6) is 0 Å². The van der Waals surface area contributed by atoms with E-state index in [2.05, 4.69) is 29.8 Å². The highest BCUT2D eigenvalue weighted by molar-refractivity contribution is 9.09. The number of hydrogen-bond acceptors (Lipinski definition) is 1. The summed E-state index contributed by atoms with van der Waals surface area (Å²) in [7, 11) is 0. The Labute approximate surface area is 90.4 Å². The molecule has 0 aromatic heterocycles. The predicted molar refractivity (Wildman–Crippen MR) is 60.3 cm³/mol. The second kappa shape index (κ2) is 6.02. The molecular formula is C11H21BrO. The first-order chi connectivity index (χ1) is 6.25. The standard InChI is InChI=1S/C11H21BrO/c1-9-5-3-6-10(2)11(9)13-8-4-7-12/h9-11H,3-8H2,1-2H3. The summed E-state index contributed by atoms with van der Waals surface area (Å²) in [6.07, 6.45) is 5.75. The van der Waals surface area contributed by atoms with Crippen LogP contribution < -0.4 is 0 Å². The van der Waals surface area contributed by atoms with Gasteiger partial charge in [-0.2, -0.15) is 0 Å². The number of ether oxygens (including phenoxy) is 1. The molecule has 1 nitrogen and oxygen atoms in total. The zero-order valence-electron chi connectivity index (χ0n) is 8.76. The van der Waals surface area contributed by atoms with Crippen LogP contribution in [-0.4, -0.2) is 18.0 Å². The van der Waals surface area contributed by atoms with Crippen molar-refractivity contribution < 1.29 is 4.74 Å². The van der Waals surface area contributed by atoms with Gasteiger partial charge in [-0.3, -0.25) is 0 Å². The first kappa shape index (κ1) is 11.5. The van der Waals surface area contributed by atoms with Crippen molar-refractivity contribution in [2.24, 2.45) is 11.8 Å². The average Bonchev–Trinajstić information content (AvgIpc) is 2.10. The lowest BCUT2D eigenvalue weighted by Crippen LogP contribution is -2.33. The molecule has 1 aliphatic carbocycles. The Balaban J connectivity index is 2.26. The molecule has 0 amide bonds. The summed E-state index contributed by atoms with van der Waals surface area (Å²) >= 11 is 3.42. The van der Waals surface area contributed by atoms with Crippen LogP contribution in [0.3, 0.4) is 0 Å². The second-order valence-corrected chi connectivity index (χ2v) is 5.06. The van der Waals surface area contributed by atoms with Crippen LogP contribution >= 0.6 is 15.9 Å². The third kappa shape index (κ3) is 3.59. The van der Waals surface area contributed by atoms with Gasteiger partial charge >= 0.3 is 0 Å². The summed E-state index contributed by atoms with van der Waals surface area (Å²) in [4.78, 5) is 0. The Morgan fingerprint density at radius 1 is 1.23 bits per heavy atom.